The molecule has 4 aromatic rings. The number of carbonyl (C=O) groups excluding carboxylic acids is 3. The molecule has 3 aromatic carbocycles. The zero-order valence-corrected chi connectivity index (χ0v) is 21.5. The minimum absolute atomic E-state index is 0.249. The fourth-order valence-electron chi connectivity index (χ4n) is 4.91. The van der Waals surface area contributed by atoms with Gasteiger partial charge in [0, 0.05) is 22.0 Å². The van der Waals surface area contributed by atoms with Crippen LogP contribution in [0, 0.1) is 5.92 Å². The molecule has 8 nitrogen and oxygen atoms in total. The number of hydrogen-bond donors (Lipinski definition) is 2. The van der Waals surface area contributed by atoms with Crippen molar-refractivity contribution >= 4 is 52.2 Å². The lowest BCUT2D eigenvalue weighted by molar-refractivity contribution is -0.122. The van der Waals surface area contributed by atoms with Crippen molar-refractivity contribution in [2.45, 2.75) is 16.2 Å². The van der Waals surface area contributed by atoms with Crippen LogP contribution in [-0.4, -0.2) is 34.6 Å². The molecule has 2 N–H and O–H groups in total. The summed E-state index contributed by atoms with van der Waals surface area (Å²) in [6, 6.07) is 25.0. The van der Waals surface area contributed by atoms with Crippen LogP contribution in [0.2, 0.25) is 0 Å². The molecule has 0 bridgehead atoms. The predicted molar refractivity (Wildman–Crippen MR) is 146 cm³/mol. The summed E-state index contributed by atoms with van der Waals surface area (Å²) in [7, 11) is 0. The van der Waals surface area contributed by atoms with E-state index in [1.807, 2.05) is 36.4 Å². The summed E-state index contributed by atoms with van der Waals surface area (Å²) in [5, 5.41) is 2.66. The number of carbonyl (C=O) groups is 3. The van der Waals surface area contributed by atoms with Crippen molar-refractivity contribution in [1.82, 2.24) is 4.98 Å². The number of rotatable bonds is 6. The molecule has 0 radical (unpaired) electrons. The fraction of sp³-hybridized carbons (Fsp3) is 0.143. The maximum absolute atomic E-state index is 13.8. The Bertz CT molecular complexity index is 1580. The summed E-state index contributed by atoms with van der Waals surface area (Å²) in [5.74, 6) is -1.91. The van der Waals surface area contributed by atoms with E-state index in [0.717, 1.165) is 11.3 Å². The van der Waals surface area contributed by atoms with Gasteiger partial charge in [-0.05, 0) is 30.3 Å². The van der Waals surface area contributed by atoms with Crippen molar-refractivity contribution in [1.29, 1.82) is 0 Å². The molecule has 3 heterocycles. The van der Waals surface area contributed by atoms with Gasteiger partial charge in [0.2, 0.25) is 11.8 Å². The standard InChI is InChI=1S/C28H21N3O5S2/c32-20(29-16-9-3-1-4-10-16)15-36-19-14-8-7-13-18(19)21-22-24(37-25-23(21)38-28(35)30-25)27(34)31(26(22)33)17-11-5-2-6-12-17/h1-14,21-22,24H,15H2,(H,29,32)(H,30,35)/t21-,22-,24+/m0/s1. The van der Waals surface area contributed by atoms with Crippen LogP contribution >= 0.6 is 23.1 Å². The molecule has 0 aliphatic carbocycles. The van der Waals surface area contributed by atoms with Gasteiger partial charge in [-0.1, -0.05) is 77.7 Å². The third-order valence-corrected chi connectivity index (χ3v) is 8.91. The number of imide groups is 1. The summed E-state index contributed by atoms with van der Waals surface area (Å²) in [6.45, 7) is -0.249. The topological polar surface area (TPSA) is 109 Å². The molecular weight excluding hydrogens is 522 g/mol. The molecule has 1 aromatic heterocycles. The van der Waals surface area contributed by atoms with Gasteiger partial charge in [0.25, 0.3) is 5.91 Å². The second-order valence-electron chi connectivity index (χ2n) is 8.84. The number of aromatic amines is 1. The lowest BCUT2D eigenvalue weighted by Gasteiger charge is -2.30. The number of H-pyrrole nitrogens is 1. The average Bonchev–Trinajstić information content (AvgIpc) is 3.43. The number of nitrogens with one attached hydrogen (secondary N) is 2. The summed E-state index contributed by atoms with van der Waals surface area (Å²) in [5.41, 5.74) is 1.80. The molecule has 0 unspecified atom stereocenters. The van der Waals surface area contributed by atoms with E-state index in [0.29, 0.717) is 32.6 Å². The normalized spacial score (nSPS) is 20.1. The van der Waals surface area contributed by atoms with Gasteiger partial charge in [-0.2, -0.15) is 0 Å². The first kappa shape index (κ1) is 24.2. The van der Waals surface area contributed by atoms with Crippen LogP contribution in [0.5, 0.6) is 5.75 Å². The number of amides is 3. The maximum Gasteiger partial charge on any atom is 0.305 e. The van der Waals surface area contributed by atoms with Crippen molar-refractivity contribution in [3.63, 3.8) is 0 Å². The van der Waals surface area contributed by atoms with E-state index in [1.54, 1.807) is 48.5 Å². The van der Waals surface area contributed by atoms with Gasteiger partial charge in [-0.15, -0.1) is 0 Å². The molecule has 2 aliphatic rings. The number of fused-ring (bicyclic) bond motifs is 2. The fourth-order valence-corrected chi connectivity index (χ4v) is 7.42. The van der Waals surface area contributed by atoms with E-state index in [1.165, 1.54) is 16.7 Å². The highest BCUT2D eigenvalue weighted by molar-refractivity contribution is 8.00. The van der Waals surface area contributed by atoms with Gasteiger partial charge in [0.05, 0.1) is 16.6 Å². The zero-order chi connectivity index (χ0) is 26.2. The van der Waals surface area contributed by atoms with E-state index in [4.69, 9.17) is 4.74 Å². The second kappa shape index (κ2) is 9.96. The van der Waals surface area contributed by atoms with Gasteiger partial charge in [0.15, 0.2) is 6.61 Å². The molecule has 0 spiro atoms. The molecule has 1 fully saturated rings. The first-order valence-electron chi connectivity index (χ1n) is 11.9. The Labute approximate surface area is 225 Å². The van der Waals surface area contributed by atoms with Gasteiger partial charge < -0.3 is 15.0 Å². The maximum atomic E-state index is 13.8. The predicted octanol–water partition coefficient (Wildman–Crippen LogP) is 4.25. The number of hydrogen-bond acceptors (Lipinski definition) is 7. The number of anilines is 2. The number of benzene rings is 3. The Morgan fingerprint density at radius 3 is 2.34 bits per heavy atom. The Morgan fingerprint density at radius 1 is 0.895 bits per heavy atom. The van der Waals surface area contributed by atoms with Crippen molar-refractivity contribution in [2.24, 2.45) is 5.92 Å². The van der Waals surface area contributed by atoms with Gasteiger partial charge >= 0.3 is 4.87 Å². The number of thioether (sulfide) groups is 1. The molecule has 10 heteroatoms. The van der Waals surface area contributed by atoms with Crippen molar-refractivity contribution < 1.29 is 19.1 Å². The van der Waals surface area contributed by atoms with Crippen LogP contribution in [0.15, 0.2) is 94.7 Å². The molecule has 0 saturated carbocycles. The Hall–Kier alpha value is -4.15. The number of para-hydroxylation sites is 3. The lowest BCUT2D eigenvalue weighted by atomic mass is 9.82. The molecule has 6 rings (SSSR count). The number of ether oxygens (including phenoxy) is 1. The summed E-state index contributed by atoms with van der Waals surface area (Å²) in [4.78, 5) is 56.8. The van der Waals surface area contributed by atoms with Crippen LogP contribution in [0.25, 0.3) is 0 Å². The van der Waals surface area contributed by atoms with Gasteiger partial charge in [-0.3, -0.25) is 19.2 Å². The number of aromatic nitrogens is 1. The Balaban J connectivity index is 1.35. The lowest BCUT2D eigenvalue weighted by Crippen LogP contribution is -2.32. The molecule has 190 valence electrons. The highest BCUT2D eigenvalue weighted by Gasteiger charge is 2.56. The van der Waals surface area contributed by atoms with E-state index in [2.05, 4.69) is 10.3 Å². The van der Waals surface area contributed by atoms with Crippen LogP contribution in [0.1, 0.15) is 16.4 Å². The third-order valence-electron chi connectivity index (χ3n) is 6.51. The third kappa shape index (κ3) is 4.31. The largest absolute Gasteiger partial charge is 0.483 e. The quantitative estimate of drug-likeness (QED) is 0.352. The minimum atomic E-state index is -0.741. The molecule has 3 amide bonds. The van der Waals surface area contributed by atoms with E-state index < -0.39 is 17.1 Å². The second-order valence-corrected chi connectivity index (χ2v) is 11.0. The molecular formula is C28H21N3O5S2. The van der Waals surface area contributed by atoms with E-state index in [9.17, 15) is 19.2 Å². The number of thiazole rings is 1. The van der Waals surface area contributed by atoms with Crippen molar-refractivity contribution in [3.05, 3.63) is 105 Å². The first-order valence-corrected chi connectivity index (χ1v) is 13.6. The van der Waals surface area contributed by atoms with E-state index >= 15 is 0 Å². The highest BCUT2D eigenvalue weighted by atomic mass is 32.2. The molecule has 2 aliphatic heterocycles. The minimum Gasteiger partial charge on any atom is -0.483 e. The molecule has 1 saturated heterocycles. The summed E-state index contributed by atoms with van der Waals surface area (Å²) in [6.07, 6.45) is 0. The summed E-state index contributed by atoms with van der Waals surface area (Å²) < 4.78 is 5.96. The molecule has 38 heavy (non-hydrogen) atoms. The van der Waals surface area contributed by atoms with Crippen LogP contribution in [0.3, 0.4) is 0 Å². The highest BCUT2D eigenvalue weighted by Crippen LogP contribution is 2.54. The van der Waals surface area contributed by atoms with Gasteiger partial charge in [-0.25, -0.2) is 4.90 Å². The van der Waals surface area contributed by atoms with Crippen molar-refractivity contribution in [2.75, 3.05) is 16.8 Å². The van der Waals surface area contributed by atoms with Crippen molar-refractivity contribution in [3.8, 4) is 5.75 Å². The average molecular weight is 544 g/mol. The Morgan fingerprint density at radius 2 is 1.58 bits per heavy atom. The summed E-state index contributed by atoms with van der Waals surface area (Å²) >= 11 is 2.25. The van der Waals surface area contributed by atoms with Gasteiger partial charge in [0.1, 0.15) is 11.0 Å². The van der Waals surface area contributed by atoms with Crippen LogP contribution in [-0.2, 0) is 14.4 Å². The first-order chi connectivity index (χ1) is 18.5. The SMILES string of the molecule is O=C(COc1ccccc1[C@@H]1c2sc(=O)[nH]c2S[C@H]2C(=O)N(c3ccccc3)C(=O)[C@@H]12)Nc1ccccc1. The van der Waals surface area contributed by atoms with Crippen LogP contribution < -0.4 is 19.8 Å². The van der Waals surface area contributed by atoms with E-state index in [-0.39, 0.29) is 29.2 Å². The molecule has 3 atom stereocenters. The Kier molecular flexibility index (Phi) is 6.34. The smallest absolute Gasteiger partial charge is 0.305 e. The number of nitrogens with zero attached hydrogens (tertiary/aromatic N) is 1. The monoisotopic (exact) mass is 543 g/mol. The zero-order valence-electron chi connectivity index (χ0n) is 19.8. The van der Waals surface area contributed by atoms with Crippen LogP contribution in [0.4, 0.5) is 11.4 Å².